The van der Waals surface area contributed by atoms with Gasteiger partial charge in [0, 0.05) is 11.8 Å². The van der Waals surface area contributed by atoms with Gasteiger partial charge in [0.1, 0.15) is 30.3 Å². The normalized spacial score (nSPS) is 16.1. The summed E-state index contributed by atoms with van der Waals surface area (Å²) < 4.78 is 102. The molecule has 1 heterocycles. The van der Waals surface area contributed by atoms with Crippen molar-refractivity contribution >= 4 is 22.7 Å². The van der Waals surface area contributed by atoms with Crippen LogP contribution in [0.5, 0.6) is 11.5 Å². The lowest BCUT2D eigenvalue weighted by atomic mass is 10.1. The Kier molecular flexibility index (Phi) is 10.5. The Morgan fingerprint density at radius 2 is 0.902 bits per heavy atom. The van der Waals surface area contributed by atoms with Crippen LogP contribution in [-0.2, 0) is 18.9 Å². The lowest BCUT2D eigenvalue weighted by Crippen LogP contribution is -2.36. The van der Waals surface area contributed by atoms with E-state index < -0.39 is 57.0 Å². The molecule has 0 aromatic heterocycles. The number of ether oxygens (including phenoxy) is 6. The largest absolute Gasteiger partial charge is 0.487 e. The van der Waals surface area contributed by atoms with Crippen molar-refractivity contribution in [3.05, 3.63) is 67.7 Å². The van der Waals surface area contributed by atoms with Crippen LogP contribution >= 0.6 is 0 Å². The highest BCUT2D eigenvalue weighted by Gasteiger charge is 2.29. The van der Waals surface area contributed by atoms with E-state index in [2.05, 4.69) is 5.32 Å². The molecule has 4 rings (SSSR count). The highest BCUT2D eigenvalue weighted by atomic mass is 19.2. The molecule has 0 spiro atoms. The zero-order chi connectivity index (χ0) is 29.4. The molecule has 41 heavy (non-hydrogen) atoms. The van der Waals surface area contributed by atoms with Gasteiger partial charge < -0.3 is 39.1 Å². The summed E-state index contributed by atoms with van der Waals surface area (Å²) in [6.45, 7) is 2.97. The minimum Gasteiger partial charge on any atom is -0.487 e. The zero-order valence-corrected chi connectivity index (χ0v) is 21.5. The van der Waals surface area contributed by atoms with E-state index in [-0.39, 0.29) is 37.9 Å². The summed E-state index contributed by atoms with van der Waals surface area (Å²) >= 11 is 0. The monoisotopic (exact) mass is 588 g/mol. The van der Waals surface area contributed by atoms with Crippen LogP contribution in [-0.4, -0.2) is 66.1 Å². The molecule has 15 heteroatoms. The Morgan fingerprint density at radius 3 is 1.41 bits per heavy atom. The summed E-state index contributed by atoms with van der Waals surface area (Å²) in [7, 11) is 0. The van der Waals surface area contributed by atoms with Crippen molar-refractivity contribution in [2.45, 2.75) is 0 Å². The molecule has 0 bridgehead atoms. The lowest BCUT2D eigenvalue weighted by molar-refractivity contribution is -0.00841. The lowest BCUT2D eigenvalue weighted by Gasteiger charge is -2.18. The van der Waals surface area contributed by atoms with Gasteiger partial charge in [-0.2, -0.15) is 0 Å². The van der Waals surface area contributed by atoms with E-state index in [0.29, 0.717) is 45.4 Å². The maximum atomic E-state index is 14.1. The quantitative estimate of drug-likeness (QED) is 0.204. The van der Waals surface area contributed by atoms with Crippen LogP contribution in [0.25, 0.3) is 0 Å². The Balaban J connectivity index is 1.51. The fraction of sp³-hybridized carbons (Fsp3) is 0.385. The molecule has 0 radical (unpaired) electrons. The van der Waals surface area contributed by atoms with Gasteiger partial charge in [-0.1, -0.05) is 0 Å². The maximum absolute atomic E-state index is 14.1. The van der Waals surface area contributed by atoms with E-state index in [0.717, 1.165) is 0 Å². The molecule has 3 aromatic rings. The molecule has 0 atom stereocenters. The molecule has 0 unspecified atom stereocenters. The number of benzene rings is 2. The zero-order valence-electron chi connectivity index (χ0n) is 21.5. The molecule has 0 saturated heterocycles. The van der Waals surface area contributed by atoms with Crippen LogP contribution in [0.2, 0.25) is 0 Å². The fourth-order valence-electron chi connectivity index (χ4n) is 3.61. The van der Waals surface area contributed by atoms with Crippen LogP contribution in [0, 0.1) is 29.1 Å². The predicted molar refractivity (Wildman–Crippen MR) is 135 cm³/mol. The average molecular weight is 588 g/mol. The molecule has 0 saturated carbocycles. The number of nitrogens with one attached hydrogen (secondary N) is 2. The minimum absolute atomic E-state index is 0.104. The third kappa shape index (κ3) is 7.30. The minimum atomic E-state index is -2.36. The standard InChI is InChI=1S/C26H25F5N2O8/c27-17-18(28)20(30)22(21(31)19(17)29)33-24-23(25(34)26(24)35)32-14-1-2-15-16(13-14)41-12-10-39-8-6-37-4-3-36-5-7-38-9-11-40-15/h1-2,13,32-33H,3-12H2. The molecule has 1 aliphatic rings. The Bertz CT molecular complexity index is 1400. The van der Waals surface area contributed by atoms with Crippen molar-refractivity contribution in [1.29, 1.82) is 0 Å². The number of hydrogen-bond donors (Lipinski definition) is 2. The number of rotatable bonds is 4. The third-order valence-corrected chi connectivity index (χ3v) is 5.67. The highest BCUT2D eigenvalue weighted by molar-refractivity contribution is 5.82. The van der Waals surface area contributed by atoms with Crippen molar-refractivity contribution in [3.63, 3.8) is 0 Å². The third-order valence-electron chi connectivity index (χ3n) is 5.67. The number of hydrogen-bond acceptors (Lipinski definition) is 10. The van der Waals surface area contributed by atoms with Crippen molar-refractivity contribution in [1.82, 2.24) is 0 Å². The van der Waals surface area contributed by atoms with E-state index in [1.165, 1.54) is 18.2 Å². The van der Waals surface area contributed by atoms with Crippen molar-refractivity contribution in [2.24, 2.45) is 0 Å². The highest BCUT2D eigenvalue weighted by Crippen LogP contribution is 2.34. The predicted octanol–water partition coefficient (Wildman–Crippen LogP) is 3.30. The van der Waals surface area contributed by atoms with Crippen LogP contribution in [0.3, 0.4) is 0 Å². The molecule has 2 N–H and O–H groups in total. The van der Waals surface area contributed by atoms with Crippen molar-refractivity contribution < 1.29 is 50.4 Å². The first-order valence-electron chi connectivity index (χ1n) is 12.4. The van der Waals surface area contributed by atoms with Gasteiger partial charge in [-0.3, -0.25) is 9.59 Å². The summed E-state index contributed by atoms with van der Waals surface area (Å²) in [6, 6.07) is 4.37. The van der Waals surface area contributed by atoms with Crippen LogP contribution in [0.15, 0.2) is 27.8 Å². The van der Waals surface area contributed by atoms with E-state index >= 15 is 0 Å². The van der Waals surface area contributed by atoms with Gasteiger partial charge in [-0.05, 0) is 12.1 Å². The second-order valence-corrected chi connectivity index (χ2v) is 8.41. The molecule has 1 aliphatic heterocycles. The van der Waals surface area contributed by atoms with E-state index in [9.17, 15) is 31.5 Å². The van der Waals surface area contributed by atoms with Gasteiger partial charge in [-0.25, -0.2) is 22.0 Å². The first-order valence-corrected chi connectivity index (χ1v) is 12.4. The second-order valence-electron chi connectivity index (χ2n) is 8.41. The van der Waals surface area contributed by atoms with E-state index in [1.54, 1.807) is 0 Å². The Labute approximate surface area is 229 Å². The van der Waals surface area contributed by atoms with Gasteiger partial charge >= 0.3 is 0 Å². The van der Waals surface area contributed by atoms with Gasteiger partial charge in [0.15, 0.2) is 34.8 Å². The molecule has 0 amide bonds. The molecule has 3 aromatic carbocycles. The first-order chi connectivity index (χ1) is 19.8. The van der Waals surface area contributed by atoms with E-state index in [4.69, 9.17) is 28.4 Å². The molecule has 0 fully saturated rings. The van der Waals surface area contributed by atoms with E-state index in [1.807, 2.05) is 5.32 Å². The van der Waals surface area contributed by atoms with Crippen molar-refractivity contribution in [2.75, 3.05) is 76.7 Å². The van der Waals surface area contributed by atoms with Gasteiger partial charge in [-0.15, -0.1) is 0 Å². The molecule has 222 valence electrons. The van der Waals surface area contributed by atoms with Crippen molar-refractivity contribution in [3.8, 4) is 11.5 Å². The summed E-state index contributed by atoms with van der Waals surface area (Å²) in [5.41, 5.74) is -4.74. The Hall–Kier alpha value is -3.79. The summed E-state index contributed by atoms with van der Waals surface area (Å²) in [4.78, 5) is 24.3. The van der Waals surface area contributed by atoms with Gasteiger partial charge in [0.25, 0.3) is 10.9 Å². The van der Waals surface area contributed by atoms with Gasteiger partial charge in [0.05, 0.1) is 52.9 Å². The number of fused-ring (bicyclic) bond motifs is 1. The number of anilines is 4. The van der Waals surface area contributed by atoms with Crippen LogP contribution in [0.4, 0.5) is 44.7 Å². The smallest absolute Gasteiger partial charge is 0.253 e. The molecular formula is C26H25F5N2O8. The fourth-order valence-corrected chi connectivity index (χ4v) is 3.61. The average Bonchev–Trinajstić information content (AvgIpc) is 2.98. The summed E-state index contributed by atoms with van der Waals surface area (Å²) in [5.74, 6) is -10.7. The van der Waals surface area contributed by atoms with Crippen LogP contribution < -0.4 is 31.0 Å². The first kappa shape index (κ1) is 30.2. The molecule has 10 nitrogen and oxygen atoms in total. The summed E-state index contributed by atoms with van der Waals surface area (Å²) in [6.07, 6.45) is 0. The maximum Gasteiger partial charge on any atom is 0.253 e. The Morgan fingerprint density at radius 1 is 0.488 bits per heavy atom. The topological polar surface area (TPSA) is 114 Å². The second kappa shape index (κ2) is 14.2. The van der Waals surface area contributed by atoms with Crippen LogP contribution in [0.1, 0.15) is 0 Å². The molecular weight excluding hydrogens is 563 g/mol. The summed E-state index contributed by atoms with van der Waals surface area (Å²) in [5, 5.41) is 4.47. The number of halogens is 5. The SMILES string of the molecule is O=c1c(Nc2ccc3c(c2)OCCOCCOCCOCCOCCO3)c(Nc2c(F)c(F)c(F)c(F)c2F)c1=O. The molecule has 0 aliphatic carbocycles. The van der Waals surface area contributed by atoms with Gasteiger partial charge in [0.2, 0.25) is 5.82 Å².